The summed E-state index contributed by atoms with van der Waals surface area (Å²) in [6.07, 6.45) is 0. The van der Waals surface area contributed by atoms with Crippen molar-refractivity contribution in [3.63, 3.8) is 0 Å². The average molecular weight is 335 g/mol. The van der Waals surface area contributed by atoms with Crippen molar-refractivity contribution in [2.75, 3.05) is 24.3 Å². The molecule has 0 saturated heterocycles. The van der Waals surface area contributed by atoms with Crippen molar-refractivity contribution < 1.29 is 5.11 Å². The molecule has 0 amide bonds. The van der Waals surface area contributed by atoms with Crippen LogP contribution in [0.4, 0.5) is 11.4 Å². The van der Waals surface area contributed by atoms with Crippen molar-refractivity contribution in [1.29, 1.82) is 0 Å². The highest BCUT2D eigenvalue weighted by atomic mass is 79.9. The largest absolute Gasteiger partial charge is 0.508 e. The van der Waals surface area contributed by atoms with Gasteiger partial charge in [-0.1, -0.05) is 28.1 Å². The molecular weight excluding hydrogens is 316 g/mol. The van der Waals surface area contributed by atoms with Gasteiger partial charge in [0.2, 0.25) is 0 Å². The van der Waals surface area contributed by atoms with Crippen LogP contribution in [0, 0.1) is 0 Å². The number of phenols is 1. The smallest absolute Gasteiger partial charge is 0.115 e. The maximum atomic E-state index is 9.35. The van der Waals surface area contributed by atoms with Crippen LogP contribution in [0.3, 0.4) is 0 Å². The number of anilines is 2. The van der Waals surface area contributed by atoms with E-state index in [0.29, 0.717) is 0 Å². The molecule has 4 heteroatoms. The van der Waals surface area contributed by atoms with Crippen LogP contribution in [0.1, 0.15) is 18.5 Å². The summed E-state index contributed by atoms with van der Waals surface area (Å²) in [7, 11) is 4.05. The second-order valence-corrected chi connectivity index (χ2v) is 5.93. The summed E-state index contributed by atoms with van der Waals surface area (Å²) >= 11 is 3.51. The van der Waals surface area contributed by atoms with Gasteiger partial charge in [-0.15, -0.1) is 0 Å². The molecule has 1 unspecified atom stereocenters. The number of halogens is 1. The van der Waals surface area contributed by atoms with Gasteiger partial charge in [-0.05, 0) is 42.8 Å². The zero-order valence-corrected chi connectivity index (χ0v) is 13.5. The molecular formula is C16H19BrN2O. The van der Waals surface area contributed by atoms with Gasteiger partial charge in [-0.3, -0.25) is 0 Å². The Morgan fingerprint density at radius 2 is 1.75 bits per heavy atom. The molecule has 106 valence electrons. The van der Waals surface area contributed by atoms with Gasteiger partial charge in [0.1, 0.15) is 5.75 Å². The molecule has 0 fully saturated rings. The zero-order chi connectivity index (χ0) is 14.7. The van der Waals surface area contributed by atoms with E-state index in [4.69, 9.17) is 0 Å². The van der Waals surface area contributed by atoms with Gasteiger partial charge in [0, 0.05) is 24.6 Å². The molecule has 0 saturated carbocycles. The van der Waals surface area contributed by atoms with Gasteiger partial charge in [0.25, 0.3) is 0 Å². The highest BCUT2D eigenvalue weighted by Gasteiger charge is 2.10. The Hall–Kier alpha value is -1.68. The van der Waals surface area contributed by atoms with Gasteiger partial charge in [0.05, 0.1) is 11.4 Å². The lowest BCUT2D eigenvalue weighted by atomic mass is 10.1. The van der Waals surface area contributed by atoms with E-state index in [9.17, 15) is 5.11 Å². The Morgan fingerprint density at radius 1 is 1.10 bits per heavy atom. The van der Waals surface area contributed by atoms with Crippen LogP contribution in [0.15, 0.2) is 46.9 Å². The normalized spacial score (nSPS) is 12.0. The minimum Gasteiger partial charge on any atom is -0.508 e. The van der Waals surface area contributed by atoms with E-state index in [1.165, 1.54) is 0 Å². The van der Waals surface area contributed by atoms with Crippen molar-refractivity contribution in [2.45, 2.75) is 13.0 Å². The zero-order valence-electron chi connectivity index (χ0n) is 11.9. The van der Waals surface area contributed by atoms with E-state index in [1.54, 1.807) is 12.1 Å². The van der Waals surface area contributed by atoms with Crippen molar-refractivity contribution >= 4 is 27.3 Å². The van der Waals surface area contributed by atoms with Crippen LogP contribution in [0.25, 0.3) is 0 Å². The first-order chi connectivity index (χ1) is 9.47. The Kier molecular flexibility index (Phi) is 4.55. The van der Waals surface area contributed by atoms with Crippen LogP contribution in [-0.2, 0) is 0 Å². The molecule has 2 N–H and O–H groups in total. The predicted octanol–water partition coefficient (Wildman–Crippen LogP) is 4.39. The van der Waals surface area contributed by atoms with Crippen LogP contribution in [0.5, 0.6) is 5.75 Å². The molecule has 3 nitrogen and oxygen atoms in total. The minimum absolute atomic E-state index is 0.156. The third-order valence-corrected chi connectivity index (χ3v) is 3.70. The molecule has 2 aromatic carbocycles. The van der Waals surface area contributed by atoms with E-state index < -0.39 is 0 Å². The number of nitrogens with zero attached hydrogens (tertiary/aromatic N) is 1. The van der Waals surface area contributed by atoms with E-state index in [2.05, 4.69) is 45.2 Å². The standard InChI is InChI=1S/C16H19BrN2O/c1-11(12-4-7-14(20)8-5-12)18-15-10-13(17)6-9-16(15)19(2)3/h4-11,18,20H,1-3H3. The van der Waals surface area contributed by atoms with Crippen molar-refractivity contribution in [3.8, 4) is 5.75 Å². The molecule has 0 aromatic heterocycles. The summed E-state index contributed by atoms with van der Waals surface area (Å²) in [6.45, 7) is 2.10. The third-order valence-electron chi connectivity index (χ3n) is 3.21. The summed E-state index contributed by atoms with van der Waals surface area (Å²) in [6, 6.07) is 13.6. The number of hydrogen-bond donors (Lipinski definition) is 2. The van der Waals surface area contributed by atoms with Gasteiger partial charge in [0.15, 0.2) is 0 Å². The second-order valence-electron chi connectivity index (χ2n) is 5.01. The lowest BCUT2D eigenvalue weighted by Gasteiger charge is -2.22. The average Bonchev–Trinajstić information content (AvgIpc) is 2.39. The molecule has 0 radical (unpaired) electrons. The fraction of sp³-hybridized carbons (Fsp3) is 0.250. The molecule has 0 heterocycles. The highest BCUT2D eigenvalue weighted by molar-refractivity contribution is 9.10. The monoisotopic (exact) mass is 334 g/mol. The quantitative estimate of drug-likeness (QED) is 0.870. The molecule has 20 heavy (non-hydrogen) atoms. The molecule has 0 spiro atoms. The first-order valence-electron chi connectivity index (χ1n) is 6.49. The van der Waals surface area contributed by atoms with Crippen LogP contribution >= 0.6 is 15.9 Å². The van der Waals surface area contributed by atoms with E-state index in [0.717, 1.165) is 21.4 Å². The maximum Gasteiger partial charge on any atom is 0.115 e. The summed E-state index contributed by atoms with van der Waals surface area (Å²) in [5.74, 6) is 0.289. The summed E-state index contributed by atoms with van der Waals surface area (Å²) < 4.78 is 1.04. The van der Waals surface area contributed by atoms with Crippen LogP contribution in [0.2, 0.25) is 0 Å². The Labute approximate surface area is 128 Å². The first kappa shape index (κ1) is 14.7. The molecule has 2 rings (SSSR count). The molecule has 0 aliphatic heterocycles. The Bertz CT molecular complexity index is 582. The minimum atomic E-state index is 0.156. The second kappa shape index (κ2) is 6.18. The van der Waals surface area contributed by atoms with Gasteiger partial charge >= 0.3 is 0 Å². The van der Waals surface area contributed by atoms with Gasteiger partial charge in [-0.25, -0.2) is 0 Å². The molecule has 0 bridgehead atoms. The Morgan fingerprint density at radius 3 is 2.35 bits per heavy atom. The van der Waals surface area contributed by atoms with E-state index in [-0.39, 0.29) is 11.8 Å². The fourth-order valence-corrected chi connectivity index (χ4v) is 2.45. The number of phenolic OH excluding ortho intramolecular Hbond substituents is 1. The summed E-state index contributed by atoms with van der Waals surface area (Å²) in [5, 5.41) is 12.9. The van der Waals surface area contributed by atoms with E-state index >= 15 is 0 Å². The molecule has 0 aliphatic rings. The summed E-state index contributed by atoms with van der Waals surface area (Å²) in [5.41, 5.74) is 3.34. The summed E-state index contributed by atoms with van der Waals surface area (Å²) in [4.78, 5) is 2.08. The lowest BCUT2D eigenvalue weighted by molar-refractivity contribution is 0.475. The first-order valence-corrected chi connectivity index (χ1v) is 7.29. The predicted molar refractivity (Wildman–Crippen MR) is 88.6 cm³/mol. The van der Waals surface area contributed by atoms with Gasteiger partial charge < -0.3 is 15.3 Å². The van der Waals surface area contributed by atoms with Crippen molar-refractivity contribution in [1.82, 2.24) is 0 Å². The topological polar surface area (TPSA) is 35.5 Å². The van der Waals surface area contributed by atoms with Gasteiger partial charge in [-0.2, -0.15) is 0 Å². The van der Waals surface area contributed by atoms with Crippen LogP contribution < -0.4 is 10.2 Å². The number of hydrogen-bond acceptors (Lipinski definition) is 3. The highest BCUT2D eigenvalue weighted by Crippen LogP contribution is 2.31. The maximum absolute atomic E-state index is 9.35. The third kappa shape index (κ3) is 3.45. The number of benzene rings is 2. The molecule has 0 aliphatic carbocycles. The number of rotatable bonds is 4. The fourth-order valence-electron chi connectivity index (χ4n) is 2.09. The van der Waals surface area contributed by atoms with Crippen molar-refractivity contribution in [3.05, 3.63) is 52.5 Å². The van der Waals surface area contributed by atoms with Crippen LogP contribution in [-0.4, -0.2) is 19.2 Å². The number of aromatic hydroxyl groups is 1. The van der Waals surface area contributed by atoms with Crippen molar-refractivity contribution in [2.24, 2.45) is 0 Å². The molecule has 2 aromatic rings. The van der Waals surface area contributed by atoms with E-state index in [1.807, 2.05) is 32.3 Å². The number of nitrogens with one attached hydrogen (secondary N) is 1. The SMILES string of the molecule is CC(Nc1cc(Br)ccc1N(C)C)c1ccc(O)cc1. The lowest BCUT2D eigenvalue weighted by Crippen LogP contribution is -2.14. The Balaban J connectivity index is 2.24. The molecule has 1 atom stereocenters.